The van der Waals surface area contributed by atoms with E-state index in [-0.39, 0.29) is 12.5 Å². The van der Waals surface area contributed by atoms with E-state index in [4.69, 9.17) is 4.74 Å². The van der Waals surface area contributed by atoms with E-state index in [1.165, 1.54) is 5.56 Å². The Kier molecular flexibility index (Phi) is 5.43. The molecule has 3 heteroatoms. The third-order valence-electron chi connectivity index (χ3n) is 3.98. The molecule has 0 atom stereocenters. The lowest BCUT2D eigenvalue weighted by atomic mass is 10.0. The van der Waals surface area contributed by atoms with Crippen molar-refractivity contribution in [1.29, 1.82) is 0 Å². The zero-order valence-electron chi connectivity index (χ0n) is 14.6. The molecule has 0 fully saturated rings. The molecule has 0 heterocycles. The quantitative estimate of drug-likeness (QED) is 0.865. The second-order valence-electron chi connectivity index (χ2n) is 6.28. The van der Waals surface area contributed by atoms with Gasteiger partial charge in [-0.1, -0.05) is 38.1 Å². The van der Waals surface area contributed by atoms with Crippen molar-refractivity contribution in [2.75, 3.05) is 11.9 Å². The summed E-state index contributed by atoms with van der Waals surface area (Å²) in [5, 5.41) is 2.95. The average molecular weight is 311 g/mol. The van der Waals surface area contributed by atoms with Gasteiger partial charge in [0, 0.05) is 5.69 Å². The molecule has 0 aromatic heterocycles. The maximum absolute atomic E-state index is 12.2. The molecule has 0 saturated heterocycles. The van der Waals surface area contributed by atoms with Crippen LogP contribution < -0.4 is 10.1 Å². The smallest absolute Gasteiger partial charge is 0.262 e. The van der Waals surface area contributed by atoms with Gasteiger partial charge >= 0.3 is 0 Å². The third kappa shape index (κ3) is 4.35. The number of nitrogens with one attached hydrogen (secondary N) is 1. The van der Waals surface area contributed by atoms with Crippen molar-refractivity contribution in [3.63, 3.8) is 0 Å². The Morgan fingerprint density at radius 2 is 1.83 bits per heavy atom. The SMILES string of the molecule is Cc1cc(C)c(C)c(OCC(=O)Nc2ccccc2C(C)C)c1. The standard InChI is InChI=1S/C20H25NO2/c1-13(2)17-8-6-7-9-18(17)21-20(22)12-23-19-11-14(3)10-15(4)16(19)5/h6-11,13H,12H2,1-5H3,(H,21,22). The Bertz CT molecular complexity index is 705. The molecular formula is C20H25NO2. The van der Waals surface area contributed by atoms with Crippen LogP contribution in [-0.2, 0) is 4.79 Å². The van der Waals surface area contributed by atoms with Crippen molar-refractivity contribution < 1.29 is 9.53 Å². The molecule has 2 aromatic carbocycles. The van der Waals surface area contributed by atoms with Gasteiger partial charge in [0.25, 0.3) is 5.91 Å². The summed E-state index contributed by atoms with van der Waals surface area (Å²) in [7, 11) is 0. The summed E-state index contributed by atoms with van der Waals surface area (Å²) in [5.41, 5.74) is 5.36. The Balaban J connectivity index is 2.04. The lowest BCUT2D eigenvalue weighted by Crippen LogP contribution is -2.21. The molecule has 23 heavy (non-hydrogen) atoms. The van der Waals surface area contributed by atoms with Gasteiger partial charge in [-0.05, 0) is 61.1 Å². The second-order valence-corrected chi connectivity index (χ2v) is 6.28. The summed E-state index contributed by atoms with van der Waals surface area (Å²) in [4.78, 5) is 12.2. The summed E-state index contributed by atoms with van der Waals surface area (Å²) in [6, 6.07) is 12.0. The van der Waals surface area contributed by atoms with Crippen LogP contribution in [0.4, 0.5) is 5.69 Å². The molecule has 0 aliphatic carbocycles. The van der Waals surface area contributed by atoms with E-state index in [0.29, 0.717) is 5.92 Å². The average Bonchev–Trinajstić information content (AvgIpc) is 2.49. The molecule has 0 saturated carbocycles. The van der Waals surface area contributed by atoms with Gasteiger partial charge in [0.15, 0.2) is 6.61 Å². The number of carbonyl (C=O) groups excluding carboxylic acids is 1. The van der Waals surface area contributed by atoms with Crippen LogP contribution in [0, 0.1) is 20.8 Å². The fourth-order valence-electron chi connectivity index (χ4n) is 2.59. The molecule has 0 bridgehead atoms. The lowest BCUT2D eigenvalue weighted by Gasteiger charge is -2.15. The van der Waals surface area contributed by atoms with E-state index >= 15 is 0 Å². The van der Waals surface area contributed by atoms with Crippen molar-refractivity contribution >= 4 is 11.6 Å². The number of aryl methyl sites for hydroxylation is 2. The molecule has 0 radical (unpaired) electrons. The summed E-state index contributed by atoms with van der Waals surface area (Å²) >= 11 is 0. The Hall–Kier alpha value is -2.29. The summed E-state index contributed by atoms with van der Waals surface area (Å²) in [5.74, 6) is 0.987. The van der Waals surface area contributed by atoms with Crippen molar-refractivity contribution in [1.82, 2.24) is 0 Å². The summed E-state index contributed by atoms with van der Waals surface area (Å²) in [6.07, 6.45) is 0. The highest BCUT2D eigenvalue weighted by Crippen LogP contribution is 2.25. The van der Waals surface area contributed by atoms with Crippen molar-refractivity contribution in [2.45, 2.75) is 40.5 Å². The highest BCUT2D eigenvalue weighted by atomic mass is 16.5. The van der Waals surface area contributed by atoms with Crippen LogP contribution in [0.15, 0.2) is 36.4 Å². The second kappa shape index (κ2) is 7.32. The van der Waals surface area contributed by atoms with E-state index in [1.54, 1.807) is 0 Å². The van der Waals surface area contributed by atoms with E-state index < -0.39 is 0 Å². The van der Waals surface area contributed by atoms with Gasteiger partial charge in [-0.15, -0.1) is 0 Å². The number of carbonyl (C=O) groups is 1. The molecule has 0 spiro atoms. The first-order valence-electron chi connectivity index (χ1n) is 7.98. The number of rotatable bonds is 5. The molecule has 0 aliphatic heterocycles. The predicted molar refractivity (Wildman–Crippen MR) is 95.3 cm³/mol. The van der Waals surface area contributed by atoms with E-state index in [9.17, 15) is 4.79 Å². The Labute approximate surface area is 138 Å². The molecule has 0 aliphatic rings. The first-order chi connectivity index (χ1) is 10.9. The fourth-order valence-corrected chi connectivity index (χ4v) is 2.59. The fraction of sp³-hybridized carbons (Fsp3) is 0.350. The van der Waals surface area contributed by atoms with Gasteiger partial charge in [0.05, 0.1) is 0 Å². The molecule has 2 aromatic rings. The minimum atomic E-state index is -0.142. The first kappa shape index (κ1) is 17.1. The van der Waals surface area contributed by atoms with Crippen LogP contribution >= 0.6 is 0 Å². The molecule has 122 valence electrons. The normalized spacial score (nSPS) is 10.7. The molecule has 1 N–H and O–H groups in total. The number of amides is 1. The number of hydrogen-bond acceptors (Lipinski definition) is 2. The maximum Gasteiger partial charge on any atom is 0.262 e. The van der Waals surface area contributed by atoms with Crippen molar-refractivity contribution in [2.24, 2.45) is 0 Å². The highest BCUT2D eigenvalue weighted by molar-refractivity contribution is 5.92. The van der Waals surface area contributed by atoms with E-state index in [0.717, 1.165) is 28.1 Å². The first-order valence-corrected chi connectivity index (χ1v) is 7.98. The number of ether oxygens (including phenoxy) is 1. The minimum Gasteiger partial charge on any atom is -0.483 e. The van der Waals surface area contributed by atoms with Gasteiger partial charge in [-0.25, -0.2) is 0 Å². The van der Waals surface area contributed by atoms with Gasteiger partial charge in [0.2, 0.25) is 0 Å². The molecule has 2 rings (SSSR count). The van der Waals surface area contributed by atoms with Gasteiger partial charge in [0.1, 0.15) is 5.75 Å². The van der Waals surface area contributed by atoms with Gasteiger partial charge in [-0.2, -0.15) is 0 Å². The topological polar surface area (TPSA) is 38.3 Å². The van der Waals surface area contributed by atoms with Crippen LogP contribution in [-0.4, -0.2) is 12.5 Å². The minimum absolute atomic E-state index is 0.0101. The molecule has 3 nitrogen and oxygen atoms in total. The van der Waals surface area contributed by atoms with Crippen LogP contribution in [0.3, 0.4) is 0 Å². The zero-order valence-corrected chi connectivity index (χ0v) is 14.6. The predicted octanol–water partition coefficient (Wildman–Crippen LogP) is 4.75. The number of anilines is 1. The van der Waals surface area contributed by atoms with Crippen LogP contribution in [0.1, 0.15) is 42.0 Å². The third-order valence-corrected chi connectivity index (χ3v) is 3.98. The lowest BCUT2D eigenvalue weighted by molar-refractivity contribution is -0.118. The number of benzene rings is 2. The van der Waals surface area contributed by atoms with Gasteiger partial charge < -0.3 is 10.1 Å². The largest absolute Gasteiger partial charge is 0.483 e. The zero-order chi connectivity index (χ0) is 17.0. The number of para-hydroxylation sites is 1. The maximum atomic E-state index is 12.2. The van der Waals surface area contributed by atoms with E-state index in [1.807, 2.05) is 51.1 Å². The highest BCUT2D eigenvalue weighted by Gasteiger charge is 2.11. The summed E-state index contributed by atoms with van der Waals surface area (Å²) < 4.78 is 5.72. The molecule has 1 amide bonds. The Morgan fingerprint density at radius 3 is 2.52 bits per heavy atom. The summed E-state index contributed by atoms with van der Waals surface area (Å²) in [6.45, 7) is 10.3. The molecule has 0 unspecified atom stereocenters. The molecular weight excluding hydrogens is 286 g/mol. The van der Waals surface area contributed by atoms with E-state index in [2.05, 4.69) is 25.2 Å². The van der Waals surface area contributed by atoms with Crippen molar-refractivity contribution in [3.8, 4) is 5.75 Å². The van der Waals surface area contributed by atoms with Crippen LogP contribution in [0.2, 0.25) is 0 Å². The number of hydrogen-bond donors (Lipinski definition) is 1. The van der Waals surface area contributed by atoms with Crippen molar-refractivity contribution in [3.05, 3.63) is 58.7 Å². The van der Waals surface area contributed by atoms with Crippen LogP contribution in [0.25, 0.3) is 0 Å². The Morgan fingerprint density at radius 1 is 1.13 bits per heavy atom. The van der Waals surface area contributed by atoms with Crippen LogP contribution in [0.5, 0.6) is 5.75 Å². The monoisotopic (exact) mass is 311 g/mol. The van der Waals surface area contributed by atoms with Gasteiger partial charge in [-0.3, -0.25) is 4.79 Å².